The van der Waals surface area contributed by atoms with E-state index in [-0.39, 0.29) is 19.1 Å². The van der Waals surface area contributed by atoms with Crippen molar-refractivity contribution in [3.63, 3.8) is 0 Å². The minimum Gasteiger partial charge on any atom is -0.387 e. The third kappa shape index (κ3) is 71.6. The summed E-state index contributed by atoms with van der Waals surface area (Å²) in [5.41, 5.74) is 0. The molecule has 1 amide bonds. The Balaban J connectivity index is 4.19. The Hall–Kier alpha value is -3.88. The van der Waals surface area contributed by atoms with E-state index in [1.54, 1.807) is 6.08 Å². The molecule has 0 aromatic carbocycles. The lowest BCUT2D eigenvalue weighted by Gasteiger charge is -2.25. The maximum atomic E-state index is 13.1. The number of nitrogens with zero attached hydrogens (tertiary/aromatic N) is 1. The van der Waals surface area contributed by atoms with Crippen molar-refractivity contribution in [2.75, 3.05) is 40.9 Å². The molecule has 0 spiro atoms. The van der Waals surface area contributed by atoms with E-state index in [1.165, 1.54) is 154 Å². The number of amides is 1. The SMILES string of the molecule is CC/C=C\C/C=C\C/C=C\C/C=C\C/C=C\C/C=C\C/C=C\C/C=C\C/C=C\C/C=C\CCCCCCCCCCC(=O)NC(COP(=O)(O)OCC[N+](C)(C)C)C(O)/C=C/CC/C=C/CC/C=C/CCCCCCCCCCCCCCCCCCCCC. The molecule has 0 aromatic rings. The van der Waals surface area contributed by atoms with Gasteiger partial charge in [0, 0.05) is 6.42 Å². The number of carbonyl (C=O) groups excluding carboxylic acids is 1. The number of carbonyl (C=O) groups is 1. The Morgan fingerprint density at radius 2 is 0.678 bits per heavy atom. The number of rotatable bonds is 66. The minimum absolute atomic E-state index is 0.0440. The zero-order valence-electron chi connectivity index (χ0n) is 58.8. The van der Waals surface area contributed by atoms with Crippen LogP contribution in [0.25, 0.3) is 0 Å². The van der Waals surface area contributed by atoms with Gasteiger partial charge in [0.2, 0.25) is 5.91 Å². The van der Waals surface area contributed by atoms with Crippen LogP contribution in [0.2, 0.25) is 0 Å². The molecule has 0 saturated heterocycles. The lowest BCUT2D eigenvalue weighted by atomic mass is 10.0. The molecule has 0 aliphatic heterocycles. The standard InChI is InChI=1S/C81H139N2O6P/c1-6-8-10-12-14-16-18-20-22-24-26-28-30-32-34-36-37-38-39-40-41-42-43-44-45-47-49-51-53-55-57-59-61-63-65-67-69-71-73-75-81(85)82-79(78-89-90(86,87)88-77-76-83(3,4)5)80(84)74-72-70-68-66-64-62-60-58-56-54-52-50-48-46-35-33-31-29-27-25-23-21-19-17-15-13-11-9-7-2/h8,10,14,16,20,22,26,28,32,34,37-38,40-41,43-44,47,49,53,55-56,58,64,66,72,74,79-80,84H,6-7,9,11-13,15,17-19,21,23-25,27,29-31,33,35-36,39,42,45-46,48,50-52,54,57,59-63,65,67-71,73,75-78H2,1-5H3,(H-,82,85,86,87)/p+1/b10-8-,16-14-,22-20-,28-26-,34-32-,38-37-,41-40-,44-43-,49-47-,55-53-,58-56+,66-64+,74-72+. The van der Waals surface area contributed by atoms with Crippen LogP contribution in [0.3, 0.4) is 0 Å². The van der Waals surface area contributed by atoms with Crippen molar-refractivity contribution in [1.82, 2.24) is 5.32 Å². The number of allylic oxidation sites excluding steroid dienone is 25. The second kappa shape index (κ2) is 69.5. The first-order valence-corrected chi connectivity index (χ1v) is 38.4. The number of quaternary nitrogens is 1. The predicted molar refractivity (Wildman–Crippen MR) is 396 cm³/mol. The van der Waals surface area contributed by atoms with Crippen molar-refractivity contribution >= 4 is 13.7 Å². The Morgan fingerprint density at radius 3 is 1.02 bits per heavy atom. The second-order valence-corrected chi connectivity index (χ2v) is 27.0. The summed E-state index contributed by atoms with van der Waals surface area (Å²) in [4.78, 5) is 23.4. The van der Waals surface area contributed by atoms with Gasteiger partial charge < -0.3 is 19.8 Å². The van der Waals surface area contributed by atoms with Gasteiger partial charge in [-0.2, -0.15) is 0 Å². The molecular weight excluding hydrogens is 1130 g/mol. The zero-order valence-corrected chi connectivity index (χ0v) is 59.7. The summed E-state index contributed by atoms with van der Waals surface area (Å²) >= 11 is 0. The van der Waals surface area contributed by atoms with Crippen LogP contribution in [0.5, 0.6) is 0 Å². The molecule has 514 valence electrons. The van der Waals surface area contributed by atoms with E-state index >= 15 is 0 Å². The lowest BCUT2D eigenvalue weighted by Crippen LogP contribution is -2.45. The van der Waals surface area contributed by atoms with Crippen molar-refractivity contribution in [2.24, 2.45) is 0 Å². The fourth-order valence-electron chi connectivity index (χ4n) is 10.0. The highest BCUT2D eigenvalue weighted by Crippen LogP contribution is 2.43. The van der Waals surface area contributed by atoms with Crippen molar-refractivity contribution in [2.45, 2.75) is 309 Å². The molecule has 0 radical (unpaired) electrons. The molecule has 8 nitrogen and oxygen atoms in total. The molecule has 0 saturated carbocycles. The Bertz CT molecular complexity index is 2030. The Kier molecular flexibility index (Phi) is 66.5. The number of hydrogen-bond acceptors (Lipinski definition) is 5. The molecule has 3 atom stereocenters. The van der Waals surface area contributed by atoms with E-state index in [1.807, 2.05) is 27.2 Å². The van der Waals surface area contributed by atoms with Gasteiger partial charge >= 0.3 is 7.82 Å². The van der Waals surface area contributed by atoms with Crippen molar-refractivity contribution in [1.29, 1.82) is 0 Å². The van der Waals surface area contributed by atoms with E-state index in [4.69, 9.17) is 9.05 Å². The zero-order chi connectivity index (χ0) is 65.5. The van der Waals surface area contributed by atoms with Gasteiger partial charge in [-0.3, -0.25) is 13.8 Å². The third-order valence-electron chi connectivity index (χ3n) is 15.7. The number of likely N-dealkylation sites (N-methyl/N-ethyl adjacent to an activating group) is 1. The van der Waals surface area contributed by atoms with Crippen LogP contribution in [0.4, 0.5) is 0 Å². The molecule has 0 aliphatic rings. The quantitative estimate of drug-likeness (QED) is 0.0243. The number of aliphatic hydroxyl groups is 1. The average Bonchev–Trinajstić information content (AvgIpc) is 3.72. The summed E-state index contributed by atoms with van der Waals surface area (Å²) in [6.45, 7) is 4.68. The van der Waals surface area contributed by atoms with Crippen LogP contribution in [-0.2, 0) is 18.4 Å². The van der Waals surface area contributed by atoms with Gasteiger partial charge in [0.05, 0.1) is 39.9 Å². The number of phosphoric ester groups is 1. The molecule has 90 heavy (non-hydrogen) atoms. The molecule has 3 unspecified atom stereocenters. The molecule has 0 rings (SSSR count). The fourth-order valence-corrected chi connectivity index (χ4v) is 10.8. The molecule has 0 fully saturated rings. The average molecular weight is 1270 g/mol. The van der Waals surface area contributed by atoms with E-state index in [0.29, 0.717) is 17.4 Å². The molecule has 0 bridgehead atoms. The van der Waals surface area contributed by atoms with Crippen LogP contribution < -0.4 is 5.32 Å². The number of phosphoric acid groups is 1. The highest BCUT2D eigenvalue weighted by Gasteiger charge is 2.28. The number of aliphatic hydroxyl groups excluding tert-OH is 1. The lowest BCUT2D eigenvalue weighted by molar-refractivity contribution is -0.870. The summed E-state index contributed by atoms with van der Waals surface area (Å²) in [5.74, 6) is -0.204. The first kappa shape index (κ1) is 86.1. The maximum absolute atomic E-state index is 13.1. The predicted octanol–water partition coefficient (Wildman–Crippen LogP) is 24.1. The van der Waals surface area contributed by atoms with Crippen LogP contribution in [0, 0.1) is 0 Å². The third-order valence-corrected chi connectivity index (χ3v) is 16.7. The van der Waals surface area contributed by atoms with Gasteiger partial charge in [-0.25, -0.2) is 4.57 Å². The van der Waals surface area contributed by atoms with Gasteiger partial charge in [0.25, 0.3) is 0 Å². The summed E-state index contributed by atoms with van der Waals surface area (Å²) < 4.78 is 23.8. The highest BCUT2D eigenvalue weighted by molar-refractivity contribution is 7.47. The molecule has 9 heteroatoms. The monoisotopic (exact) mass is 1270 g/mol. The van der Waals surface area contributed by atoms with Gasteiger partial charge in [0.15, 0.2) is 0 Å². The van der Waals surface area contributed by atoms with Gasteiger partial charge in [-0.15, -0.1) is 0 Å². The van der Waals surface area contributed by atoms with Crippen molar-refractivity contribution in [3.05, 3.63) is 158 Å². The van der Waals surface area contributed by atoms with Crippen LogP contribution in [0.15, 0.2) is 158 Å². The van der Waals surface area contributed by atoms with Crippen molar-refractivity contribution in [3.8, 4) is 0 Å². The van der Waals surface area contributed by atoms with E-state index in [0.717, 1.165) is 122 Å². The van der Waals surface area contributed by atoms with Crippen LogP contribution in [-0.4, -0.2) is 73.4 Å². The van der Waals surface area contributed by atoms with Crippen molar-refractivity contribution < 1.29 is 32.9 Å². The Morgan fingerprint density at radius 1 is 0.389 bits per heavy atom. The smallest absolute Gasteiger partial charge is 0.387 e. The first-order valence-electron chi connectivity index (χ1n) is 36.9. The second-order valence-electron chi connectivity index (χ2n) is 25.6. The minimum atomic E-state index is -4.38. The van der Waals surface area contributed by atoms with Crippen LogP contribution in [0.1, 0.15) is 296 Å². The van der Waals surface area contributed by atoms with E-state index in [2.05, 4.69) is 165 Å². The molecule has 3 N–H and O–H groups in total. The maximum Gasteiger partial charge on any atom is 0.472 e. The van der Waals surface area contributed by atoms with Crippen LogP contribution >= 0.6 is 7.82 Å². The van der Waals surface area contributed by atoms with Gasteiger partial charge in [-0.1, -0.05) is 326 Å². The summed E-state index contributed by atoms with van der Waals surface area (Å²) in [7, 11) is 1.52. The largest absolute Gasteiger partial charge is 0.472 e. The topological polar surface area (TPSA) is 105 Å². The fraction of sp³-hybridized carbons (Fsp3) is 0.667. The number of hydrogen-bond donors (Lipinski definition) is 3. The number of unbranched alkanes of at least 4 members (excludes halogenated alkanes) is 29. The van der Waals surface area contributed by atoms with Gasteiger partial charge in [0.1, 0.15) is 13.2 Å². The summed E-state index contributed by atoms with van der Waals surface area (Å²) in [5, 5.41) is 14.0. The first-order chi connectivity index (χ1) is 44.0. The van der Waals surface area contributed by atoms with Gasteiger partial charge in [-0.05, 0) is 122 Å². The normalized spacial score (nSPS) is 14.5. The molecule has 0 heterocycles. The highest BCUT2D eigenvalue weighted by atomic mass is 31.2. The van der Waals surface area contributed by atoms with E-state index < -0.39 is 20.0 Å². The number of nitrogens with one attached hydrogen (secondary N) is 1. The van der Waals surface area contributed by atoms with E-state index in [9.17, 15) is 19.4 Å². The molecule has 0 aromatic heterocycles. The Labute approximate surface area is 556 Å². The summed E-state index contributed by atoms with van der Waals surface area (Å²) in [6, 6.07) is -0.888. The molecular formula is C81H140N2O6P+. The molecule has 0 aliphatic carbocycles. The summed E-state index contributed by atoms with van der Waals surface area (Å²) in [6.07, 6.45) is 108.